The molecule has 1 unspecified atom stereocenters. The fourth-order valence-electron chi connectivity index (χ4n) is 2.21. The number of nitrogens with one attached hydrogen (secondary N) is 3. The number of nitrogens with two attached hydrogens (primary N) is 1. The molecule has 0 radical (unpaired) electrons. The summed E-state index contributed by atoms with van der Waals surface area (Å²) in [5.74, 6) is 2.70. The van der Waals surface area contributed by atoms with Crippen LogP contribution in [0.25, 0.3) is 0 Å². The average molecular weight is 373 g/mol. The van der Waals surface area contributed by atoms with Gasteiger partial charge in [0.15, 0.2) is 0 Å². The molecule has 0 saturated heterocycles. The van der Waals surface area contributed by atoms with Crippen LogP contribution < -0.4 is 21.8 Å². The highest BCUT2D eigenvalue weighted by Gasteiger charge is 2.21. The number of aliphatic carboxylic acids is 1. The molecule has 2 rings (SSSR count). The van der Waals surface area contributed by atoms with Crippen molar-refractivity contribution in [1.29, 1.82) is 0 Å². The molecule has 0 spiro atoms. The van der Waals surface area contributed by atoms with Gasteiger partial charge in [0.2, 0.25) is 5.91 Å². The Balaban J connectivity index is 1.88. The van der Waals surface area contributed by atoms with Crippen LogP contribution in [0, 0.1) is 0 Å². The van der Waals surface area contributed by atoms with Crippen molar-refractivity contribution in [2.45, 2.75) is 12.5 Å². The van der Waals surface area contributed by atoms with Crippen LogP contribution in [0.2, 0.25) is 0 Å². The number of carbonyl (C=O) groups is 3. The predicted molar refractivity (Wildman–Crippen MR) is 97.1 cm³/mol. The second kappa shape index (κ2) is 9.61. The summed E-state index contributed by atoms with van der Waals surface area (Å²) in [7, 11) is 0. The molecule has 0 bridgehead atoms. The molecular formula is C17H19N5O5. The molecular weight excluding hydrogens is 354 g/mol. The molecule has 1 aromatic carbocycles. The molecule has 2 amide bonds. The minimum Gasteiger partial charge on any atom is -0.480 e. The molecule has 2 aromatic rings. The number of carboxylic acid groups (broad SMARTS) is 1. The predicted octanol–water partition coefficient (Wildman–Crippen LogP) is 0.135. The van der Waals surface area contributed by atoms with Crippen molar-refractivity contribution in [1.82, 2.24) is 10.6 Å². The first-order valence-electron chi connectivity index (χ1n) is 7.89. The molecule has 0 fully saturated rings. The largest absolute Gasteiger partial charge is 0.480 e. The van der Waals surface area contributed by atoms with Crippen LogP contribution >= 0.6 is 0 Å². The first-order valence-corrected chi connectivity index (χ1v) is 7.89. The van der Waals surface area contributed by atoms with Crippen molar-refractivity contribution in [3.63, 3.8) is 0 Å². The number of hydrogen-bond donors (Lipinski definition) is 5. The van der Waals surface area contributed by atoms with Crippen molar-refractivity contribution < 1.29 is 23.9 Å². The van der Waals surface area contributed by atoms with E-state index >= 15 is 0 Å². The van der Waals surface area contributed by atoms with E-state index < -0.39 is 23.8 Å². The van der Waals surface area contributed by atoms with Gasteiger partial charge in [-0.05, 0) is 29.8 Å². The van der Waals surface area contributed by atoms with E-state index in [2.05, 4.69) is 21.1 Å². The van der Waals surface area contributed by atoms with Gasteiger partial charge < -0.3 is 31.3 Å². The molecule has 0 aliphatic rings. The number of anilines is 1. The number of nitrogens with zero attached hydrogens (tertiary/aromatic N) is 1. The highest BCUT2D eigenvalue weighted by Crippen LogP contribution is 2.09. The first-order chi connectivity index (χ1) is 13.0. The van der Waals surface area contributed by atoms with Gasteiger partial charge in [0, 0.05) is 17.7 Å². The van der Waals surface area contributed by atoms with E-state index in [-0.39, 0.29) is 13.0 Å². The van der Waals surface area contributed by atoms with Crippen molar-refractivity contribution in [3.05, 3.63) is 54.0 Å². The quantitative estimate of drug-likeness (QED) is 0.181. The molecule has 0 saturated carbocycles. The molecule has 1 aromatic heterocycles. The molecule has 10 nitrogen and oxygen atoms in total. The Morgan fingerprint density at radius 3 is 2.78 bits per heavy atom. The minimum absolute atomic E-state index is 0.0714. The third-order valence-electron chi connectivity index (χ3n) is 3.49. The zero-order chi connectivity index (χ0) is 19.6. The van der Waals surface area contributed by atoms with Gasteiger partial charge in [-0.25, -0.2) is 4.79 Å². The SMILES string of the molecule is NN=CNc1cccc(C(=O)NCC(=O)NC(Cc2ccoc2)C(=O)O)c1. The Bertz CT molecular complexity index is 819. The second-order valence-corrected chi connectivity index (χ2v) is 5.48. The van der Waals surface area contributed by atoms with E-state index in [0.717, 1.165) is 0 Å². The maximum atomic E-state index is 12.1. The molecule has 0 aliphatic heterocycles. The molecule has 6 N–H and O–H groups in total. The van der Waals surface area contributed by atoms with Gasteiger partial charge in [-0.3, -0.25) is 9.59 Å². The Morgan fingerprint density at radius 1 is 1.30 bits per heavy atom. The first kappa shape index (κ1) is 19.5. The fraction of sp³-hybridized carbons (Fsp3) is 0.176. The van der Waals surface area contributed by atoms with E-state index in [1.54, 1.807) is 30.3 Å². The smallest absolute Gasteiger partial charge is 0.326 e. The van der Waals surface area contributed by atoms with Crippen LogP contribution in [-0.4, -0.2) is 41.8 Å². The van der Waals surface area contributed by atoms with Crippen LogP contribution in [0.4, 0.5) is 5.69 Å². The van der Waals surface area contributed by atoms with E-state index in [1.807, 2.05) is 0 Å². The summed E-state index contributed by atoms with van der Waals surface area (Å²) < 4.78 is 4.88. The van der Waals surface area contributed by atoms with Crippen LogP contribution in [0.15, 0.2) is 52.4 Å². The van der Waals surface area contributed by atoms with E-state index in [0.29, 0.717) is 16.8 Å². The van der Waals surface area contributed by atoms with Gasteiger partial charge in [0.25, 0.3) is 5.91 Å². The molecule has 1 heterocycles. The van der Waals surface area contributed by atoms with Gasteiger partial charge in [0.1, 0.15) is 12.4 Å². The van der Waals surface area contributed by atoms with Gasteiger partial charge in [-0.15, -0.1) is 0 Å². The lowest BCUT2D eigenvalue weighted by Gasteiger charge is -2.14. The van der Waals surface area contributed by atoms with Crippen LogP contribution in [0.3, 0.4) is 0 Å². The lowest BCUT2D eigenvalue weighted by atomic mass is 10.1. The molecule has 142 valence electrons. The number of hydrogen-bond acceptors (Lipinski definition) is 6. The topological polar surface area (TPSA) is 159 Å². The van der Waals surface area contributed by atoms with Crippen LogP contribution in [-0.2, 0) is 16.0 Å². The van der Waals surface area contributed by atoms with E-state index in [4.69, 9.17) is 10.3 Å². The summed E-state index contributed by atoms with van der Waals surface area (Å²) in [6.45, 7) is -0.365. The lowest BCUT2D eigenvalue weighted by molar-refractivity contribution is -0.141. The normalized spacial score (nSPS) is 11.7. The molecule has 0 aliphatic carbocycles. The number of hydrazone groups is 1. The van der Waals surface area contributed by atoms with E-state index in [1.165, 1.54) is 18.9 Å². The number of amides is 2. The van der Waals surface area contributed by atoms with Crippen molar-refractivity contribution in [2.24, 2.45) is 10.9 Å². The maximum Gasteiger partial charge on any atom is 0.326 e. The monoisotopic (exact) mass is 373 g/mol. The summed E-state index contributed by atoms with van der Waals surface area (Å²) in [6.07, 6.45) is 4.15. The highest BCUT2D eigenvalue weighted by molar-refractivity contribution is 5.98. The van der Waals surface area contributed by atoms with Crippen molar-refractivity contribution in [3.8, 4) is 0 Å². The van der Waals surface area contributed by atoms with E-state index in [9.17, 15) is 19.5 Å². The van der Waals surface area contributed by atoms with Gasteiger partial charge in [0.05, 0.1) is 19.1 Å². The summed E-state index contributed by atoms with van der Waals surface area (Å²) in [6, 6.07) is 6.95. The standard InChI is InChI=1S/C17H19N5O5/c18-21-10-20-13-3-1-2-12(7-13)16(24)19-8-15(23)22-14(17(25)26)6-11-4-5-27-9-11/h1-5,7,9-10,14H,6,8,18H2,(H,19,24)(H,20,21)(H,22,23)(H,25,26). The van der Waals surface area contributed by atoms with Crippen molar-refractivity contribution in [2.75, 3.05) is 11.9 Å². The van der Waals surface area contributed by atoms with Gasteiger partial charge in [-0.2, -0.15) is 5.10 Å². The Morgan fingerprint density at radius 2 is 2.11 bits per heavy atom. The number of benzene rings is 1. The Hall–Kier alpha value is -3.82. The fourth-order valence-corrected chi connectivity index (χ4v) is 2.21. The molecule has 1 atom stereocenters. The summed E-state index contributed by atoms with van der Waals surface area (Å²) >= 11 is 0. The number of rotatable bonds is 9. The zero-order valence-corrected chi connectivity index (χ0v) is 14.2. The maximum absolute atomic E-state index is 12.1. The second-order valence-electron chi connectivity index (χ2n) is 5.48. The number of carboxylic acids is 1. The third-order valence-corrected chi connectivity index (χ3v) is 3.49. The summed E-state index contributed by atoms with van der Waals surface area (Å²) in [5.41, 5.74) is 1.54. The molecule has 10 heteroatoms. The summed E-state index contributed by atoms with van der Waals surface area (Å²) in [5, 5.41) is 20.1. The summed E-state index contributed by atoms with van der Waals surface area (Å²) in [4.78, 5) is 35.4. The minimum atomic E-state index is -1.18. The highest BCUT2D eigenvalue weighted by atomic mass is 16.4. The zero-order valence-electron chi connectivity index (χ0n) is 14.2. The Kier molecular flexibility index (Phi) is 6.94. The third kappa shape index (κ3) is 6.20. The van der Waals surface area contributed by atoms with Gasteiger partial charge >= 0.3 is 5.97 Å². The lowest BCUT2D eigenvalue weighted by Crippen LogP contribution is -2.46. The van der Waals surface area contributed by atoms with Gasteiger partial charge in [-0.1, -0.05) is 6.07 Å². The molecule has 27 heavy (non-hydrogen) atoms. The van der Waals surface area contributed by atoms with Crippen molar-refractivity contribution >= 4 is 29.8 Å². The van der Waals surface area contributed by atoms with Crippen LogP contribution in [0.1, 0.15) is 15.9 Å². The average Bonchev–Trinajstić information content (AvgIpc) is 3.17. The number of furan rings is 1. The number of carbonyl (C=O) groups excluding carboxylic acids is 2. The Labute approximate surface area is 154 Å². The van der Waals surface area contributed by atoms with Crippen LogP contribution in [0.5, 0.6) is 0 Å².